The molecule has 1 aliphatic rings. The van der Waals surface area contributed by atoms with Crippen LogP contribution in [0.2, 0.25) is 5.02 Å². The van der Waals surface area contributed by atoms with Crippen LogP contribution >= 0.6 is 11.6 Å². The smallest absolute Gasteiger partial charge is 0.303 e. The van der Waals surface area contributed by atoms with Crippen molar-refractivity contribution in [1.29, 1.82) is 0 Å². The first-order chi connectivity index (χ1) is 15.3. The van der Waals surface area contributed by atoms with Gasteiger partial charge in [-0.25, -0.2) is 4.90 Å². The summed E-state index contributed by atoms with van der Waals surface area (Å²) in [5, 5.41) is 9.33. The van der Waals surface area contributed by atoms with E-state index in [1.807, 2.05) is 12.1 Å². The molecule has 1 saturated heterocycles. The number of hydrogen-bond acceptors (Lipinski definition) is 5. The molecule has 1 atom stereocenters. The molecule has 1 heterocycles. The Hall–Kier alpha value is -3.39. The van der Waals surface area contributed by atoms with Gasteiger partial charge in [-0.3, -0.25) is 19.2 Å². The number of carboxylic acids is 1. The normalized spacial score (nSPS) is 15.7. The van der Waals surface area contributed by atoms with E-state index in [1.165, 1.54) is 11.0 Å². The molecule has 0 radical (unpaired) electrons. The number of aliphatic carboxylic acids is 1. The summed E-state index contributed by atoms with van der Waals surface area (Å²) in [5.74, 6) is -1.88. The molecule has 0 bridgehead atoms. The van der Waals surface area contributed by atoms with Crippen LogP contribution in [0.15, 0.2) is 48.5 Å². The van der Waals surface area contributed by atoms with E-state index in [0.717, 1.165) is 10.5 Å². The van der Waals surface area contributed by atoms with E-state index in [-0.39, 0.29) is 25.8 Å². The molecule has 1 aliphatic heterocycles. The SMILES string of the molecule is COc1ccc(CCN(C(=O)CCC(=O)O)[C@@H]2CC(=O)N(c3cccc(Cl)c3)C2=O)cc1. The average molecular weight is 459 g/mol. The van der Waals surface area contributed by atoms with Crippen molar-refractivity contribution >= 4 is 41.0 Å². The maximum atomic E-state index is 13.1. The summed E-state index contributed by atoms with van der Waals surface area (Å²) in [4.78, 5) is 51.9. The van der Waals surface area contributed by atoms with Crippen molar-refractivity contribution in [2.75, 3.05) is 18.6 Å². The van der Waals surface area contributed by atoms with Gasteiger partial charge in [0.25, 0.3) is 5.91 Å². The molecule has 2 aromatic rings. The fourth-order valence-electron chi connectivity index (χ4n) is 3.60. The molecule has 32 heavy (non-hydrogen) atoms. The lowest BCUT2D eigenvalue weighted by atomic mass is 10.1. The molecule has 0 unspecified atom stereocenters. The molecule has 0 saturated carbocycles. The van der Waals surface area contributed by atoms with Gasteiger partial charge in [0.1, 0.15) is 11.8 Å². The highest BCUT2D eigenvalue weighted by atomic mass is 35.5. The van der Waals surface area contributed by atoms with Crippen LogP contribution in [0.4, 0.5) is 5.69 Å². The summed E-state index contributed by atoms with van der Waals surface area (Å²) < 4.78 is 5.14. The standard InChI is InChI=1S/C23H23ClN2O6/c1-32-18-7-5-15(6-8-18)11-12-25(20(27)9-10-22(29)30)19-14-21(28)26(23(19)31)17-4-2-3-16(24)13-17/h2-8,13,19H,9-12,14H2,1H3,(H,29,30)/t19-/m1/s1. The van der Waals surface area contributed by atoms with Crippen LogP contribution in [-0.2, 0) is 25.6 Å². The number of benzene rings is 2. The Morgan fingerprint density at radius 1 is 1.16 bits per heavy atom. The monoisotopic (exact) mass is 458 g/mol. The molecule has 0 spiro atoms. The molecule has 0 aliphatic carbocycles. The first-order valence-corrected chi connectivity index (χ1v) is 10.4. The van der Waals surface area contributed by atoms with Crippen LogP contribution in [0.1, 0.15) is 24.8 Å². The fraction of sp³-hybridized carbons (Fsp3) is 0.304. The van der Waals surface area contributed by atoms with Crippen molar-refractivity contribution in [3.63, 3.8) is 0 Å². The van der Waals surface area contributed by atoms with Gasteiger partial charge in [0.05, 0.1) is 25.6 Å². The number of anilines is 1. The van der Waals surface area contributed by atoms with E-state index in [2.05, 4.69) is 0 Å². The Morgan fingerprint density at radius 2 is 1.88 bits per heavy atom. The van der Waals surface area contributed by atoms with Crippen LogP contribution in [-0.4, -0.2) is 53.4 Å². The second kappa shape index (κ2) is 10.3. The van der Waals surface area contributed by atoms with E-state index in [0.29, 0.717) is 22.9 Å². The number of nitrogens with zero attached hydrogens (tertiary/aromatic N) is 2. The van der Waals surface area contributed by atoms with E-state index in [1.54, 1.807) is 37.4 Å². The number of methoxy groups -OCH3 is 1. The minimum absolute atomic E-state index is 0.165. The zero-order valence-corrected chi connectivity index (χ0v) is 18.2. The van der Waals surface area contributed by atoms with Crippen molar-refractivity contribution in [2.24, 2.45) is 0 Å². The van der Waals surface area contributed by atoms with Gasteiger partial charge in [-0.05, 0) is 42.3 Å². The lowest BCUT2D eigenvalue weighted by molar-refractivity contribution is -0.143. The van der Waals surface area contributed by atoms with Crippen molar-refractivity contribution in [3.05, 3.63) is 59.1 Å². The minimum Gasteiger partial charge on any atom is -0.497 e. The summed E-state index contributed by atoms with van der Waals surface area (Å²) in [7, 11) is 1.56. The second-order valence-electron chi connectivity index (χ2n) is 7.35. The largest absolute Gasteiger partial charge is 0.497 e. The first-order valence-electron chi connectivity index (χ1n) is 10.1. The molecule has 1 fully saturated rings. The molecule has 8 nitrogen and oxygen atoms in total. The maximum absolute atomic E-state index is 13.1. The van der Waals surface area contributed by atoms with E-state index in [9.17, 15) is 19.2 Å². The van der Waals surface area contributed by atoms with Crippen LogP contribution in [0.25, 0.3) is 0 Å². The van der Waals surface area contributed by atoms with Crippen LogP contribution in [0.3, 0.4) is 0 Å². The molecule has 1 N–H and O–H groups in total. The third-order valence-corrected chi connectivity index (χ3v) is 5.47. The van der Waals surface area contributed by atoms with E-state index >= 15 is 0 Å². The number of carboxylic acid groups (broad SMARTS) is 1. The summed E-state index contributed by atoms with van der Waals surface area (Å²) >= 11 is 6.00. The predicted octanol–water partition coefficient (Wildman–Crippen LogP) is 2.92. The molecule has 2 aromatic carbocycles. The Kier molecular flexibility index (Phi) is 7.48. The van der Waals surface area contributed by atoms with Gasteiger partial charge < -0.3 is 14.7 Å². The van der Waals surface area contributed by atoms with Gasteiger partial charge >= 0.3 is 5.97 Å². The molecule has 3 amide bonds. The maximum Gasteiger partial charge on any atom is 0.303 e. The zero-order valence-electron chi connectivity index (χ0n) is 17.5. The molecule has 0 aromatic heterocycles. The Morgan fingerprint density at radius 3 is 2.50 bits per heavy atom. The van der Waals surface area contributed by atoms with E-state index < -0.39 is 29.7 Å². The summed E-state index contributed by atoms with van der Waals surface area (Å²) in [6, 6.07) is 12.6. The zero-order chi connectivity index (χ0) is 23.3. The number of halogens is 1. The predicted molar refractivity (Wildman–Crippen MR) is 118 cm³/mol. The number of carbonyl (C=O) groups is 4. The Balaban J connectivity index is 1.81. The number of ether oxygens (including phenoxy) is 1. The number of hydrogen-bond donors (Lipinski definition) is 1. The van der Waals surface area contributed by atoms with Crippen molar-refractivity contribution in [2.45, 2.75) is 31.7 Å². The van der Waals surface area contributed by atoms with Gasteiger partial charge in [-0.15, -0.1) is 0 Å². The third kappa shape index (κ3) is 5.45. The topological polar surface area (TPSA) is 104 Å². The van der Waals surface area contributed by atoms with Crippen LogP contribution in [0, 0.1) is 0 Å². The lowest BCUT2D eigenvalue weighted by Gasteiger charge is -2.28. The summed E-state index contributed by atoms with van der Waals surface area (Å²) in [6.45, 7) is 0.165. The number of rotatable bonds is 9. The highest BCUT2D eigenvalue weighted by Gasteiger charge is 2.44. The molecule has 3 rings (SSSR count). The van der Waals surface area contributed by atoms with Gasteiger partial charge in [-0.1, -0.05) is 29.8 Å². The lowest BCUT2D eigenvalue weighted by Crippen LogP contribution is -2.46. The van der Waals surface area contributed by atoms with Gasteiger partial charge in [0, 0.05) is 18.0 Å². The van der Waals surface area contributed by atoms with Crippen molar-refractivity contribution in [1.82, 2.24) is 4.90 Å². The summed E-state index contributed by atoms with van der Waals surface area (Å²) in [6.07, 6.45) is -0.359. The quantitative estimate of drug-likeness (QED) is 0.579. The Labute approximate surface area is 190 Å². The second-order valence-corrected chi connectivity index (χ2v) is 7.78. The number of carbonyl (C=O) groups excluding carboxylic acids is 3. The molecular weight excluding hydrogens is 436 g/mol. The minimum atomic E-state index is -1.11. The number of amides is 3. The molecular formula is C23H23ClN2O6. The van der Waals surface area contributed by atoms with Crippen molar-refractivity contribution < 1.29 is 29.0 Å². The van der Waals surface area contributed by atoms with Gasteiger partial charge in [-0.2, -0.15) is 0 Å². The third-order valence-electron chi connectivity index (χ3n) is 5.24. The fourth-order valence-corrected chi connectivity index (χ4v) is 3.78. The average Bonchev–Trinajstić information content (AvgIpc) is 3.06. The highest BCUT2D eigenvalue weighted by molar-refractivity contribution is 6.31. The Bertz CT molecular complexity index is 1020. The van der Waals surface area contributed by atoms with Crippen molar-refractivity contribution in [3.8, 4) is 5.75 Å². The summed E-state index contributed by atoms with van der Waals surface area (Å²) in [5.41, 5.74) is 1.24. The van der Waals surface area contributed by atoms with Crippen LogP contribution in [0.5, 0.6) is 5.75 Å². The number of imide groups is 1. The van der Waals surface area contributed by atoms with E-state index in [4.69, 9.17) is 21.4 Å². The molecule has 168 valence electrons. The molecule has 9 heteroatoms. The van der Waals surface area contributed by atoms with Gasteiger partial charge in [0.15, 0.2) is 0 Å². The van der Waals surface area contributed by atoms with Crippen LogP contribution < -0.4 is 9.64 Å². The highest BCUT2D eigenvalue weighted by Crippen LogP contribution is 2.28. The van der Waals surface area contributed by atoms with Gasteiger partial charge in [0.2, 0.25) is 11.8 Å². The first kappa shape index (κ1) is 23.3.